The molecule has 0 heterocycles. The number of amides is 2. The second-order valence-corrected chi connectivity index (χ2v) is 5.15. The van der Waals surface area contributed by atoms with Crippen molar-refractivity contribution >= 4 is 11.8 Å². The Morgan fingerprint density at radius 2 is 1.74 bits per heavy atom. The monoisotopic (exact) mass is 336 g/mol. The van der Waals surface area contributed by atoms with Gasteiger partial charge in [0.2, 0.25) is 11.8 Å². The predicted octanol–water partition coefficient (Wildman–Crippen LogP) is 0.425. The highest BCUT2D eigenvalue weighted by atomic mass is 19.1. The molecule has 23 heavy (non-hydrogen) atoms. The topological polar surface area (TPSA) is 85.9 Å². The predicted molar refractivity (Wildman–Crippen MR) is 83.9 cm³/mol. The maximum Gasteiger partial charge on any atom is 0.246 e. The third-order valence-electron chi connectivity index (χ3n) is 2.63. The Balaban J connectivity index is 3.33. The number of nitrogens with one attached hydrogen (secondary N) is 2. The molecule has 7 nitrogen and oxygen atoms in total. The molecule has 2 N–H and O–H groups in total. The Bertz CT molecular complexity index is 329. The highest BCUT2D eigenvalue weighted by molar-refractivity contribution is 5.77. The first-order valence-corrected chi connectivity index (χ1v) is 7.90. The molecule has 0 bridgehead atoms. The Labute approximate surface area is 137 Å². The molecule has 0 aliphatic carbocycles. The van der Waals surface area contributed by atoms with Gasteiger partial charge in [-0.25, -0.2) is 4.39 Å². The van der Waals surface area contributed by atoms with Crippen LogP contribution in [-0.4, -0.2) is 70.2 Å². The number of carbonyl (C=O) groups excluding carboxylic acids is 2. The summed E-state index contributed by atoms with van der Waals surface area (Å²) in [5.41, 5.74) is 0. The fourth-order valence-corrected chi connectivity index (χ4v) is 1.40. The van der Waals surface area contributed by atoms with Crippen LogP contribution in [0.3, 0.4) is 0 Å². The molecule has 1 unspecified atom stereocenters. The van der Waals surface area contributed by atoms with Gasteiger partial charge in [0.1, 0.15) is 12.8 Å². The molecule has 8 heteroatoms. The quantitative estimate of drug-likeness (QED) is 0.449. The summed E-state index contributed by atoms with van der Waals surface area (Å²) in [5.74, 6) is -0.371. The van der Waals surface area contributed by atoms with E-state index in [-0.39, 0.29) is 44.3 Å². The Morgan fingerprint density at radius 1 is 1.04 bits per heavy atom. The number of hydrogen-bond donors (Lipinski definition) is 2. The Hall–Kier alpha value is -1.25. The van der Waals surface area contributed by atoms with Crippen molar-refractivity contribution in [2.24, 2.45) is 0 Å². The lowest BCUT2D eigenvalue weighted by Crippen LogP contribution is -2.32. The minimum Gasteiger partial charge on any atom is -0.377 e. The van der Waals surface area contributed by atoms with Crippen molar-refractivity contribution in [3.63, 3.8) is 0 Å². The van der Waals surface area contributed by atoms with Crippen molar-refractivity contribution in [3.8, 4) is 0 Å². The third kappa shape index (κ3) is 15.4. The average molecular weight is 336 g/mol. The molecule has 0 aromatic heterocycles. The molecule has 0 spiro atoms. The fraction of sp³-hybridized carbons (Fsp3) is 0.867. The van der Waals surface area contributed by atoms with Crippen molar-refractivity contribution in [3.05, 3.63) is 0 Å². The molecule has 0 fully saturated rings. The molecule has 0 saturated heterocycles. The number of ether oxygens (including phenoxy) is 3. The largest absolute Gasteiger partial charge is 0.377 e. The maximum atomic E-state index is 13.3. The van der Waals surface area contributed by atoms with Crippen molar-refractivity contribution < 1.29 is 28.2 Å². The lowest BCUT2D eigenvalue weighted by molar-refractivity contribution is -0.127. The van der Waals surface area contributed by atoms with E-state index in [4.69, 9.17) is 14.2 Å². The summed E-state index contributed by atoms with van der Waals surface area (Å²) < 4.78 is 28.8. The lowest BCUT2D eigenvalue weighted by Gasteiger charge is -2.11. The highest BCUT2D eigenvalue weighted by Crippen LogP contribution is 1.91. The molecule has 0 aromatic carbocycles. The third-order valence-corrected chi connectivity index (χ3v) is 2.63. The molecule has 2 amide bonds. The van der Waals surface area contributed by atoms with Gasteiger partial charge in [0, 0.05) is 13.0 Å². The van der Waals surface area contributed by atoms with Gasteiger partial charge in [-0.2, -0.15) is 0 Å². The van der Waals surface area contributed by atoms with Crippen LogP contribution in [0.5, 0.6) is 0 Å². The van der Waals surface area contributed by atoms with Crippen molar-refractivity contribution in [1.29, 1.82) is 0 Å². The minimum atomic E-state index is -1.23. The van der Waals surface area contributed by atoms with Gasteiger partial charge in [-0.3, -0.25) is 9.59 Å². The van der Waals surface area contributed by atoms with Gasteiger partial charge in [0.15, 0.2) is 0 Å². The van der Waals surface area contributed by atoms with Gasteiger partial charge < -0.3 is 24.8 Å². The van der Waals surface area contributed by atoms with Gasteiger partial charge in [-0.15, -0.1) is 0 Å². The maximum absolute atomic E-state index is 13.3. The normalized spacial score (nSPS) is 12.2. The second kappa shape index (κ2) is 14.3. The zero-order valence-corrected chi connectivity index (χ0v) is 14.2. The van der Waals surface area contributed by atoms with Crippen molar-refractivity contribution in [2.75, 3.05) is 46.1 Å². The van der Waals surface area contributed by atoms with Gasteiger partial charge in [0.25, 0.3) is 0 Å². The SMILES string of the molecule is CCC(=O)NCC(F)COCCOCCNC(=O)COC(C)C. The van der Waals surface area contributed by atoms with Crippen molar-refractivity contribution in [2.45, 2.75) is 39.5 Å². The van der Waals surface area contributed by atoms with E-state index in [0.717, 1.165) is 0 Å². The number of rotatable bonds is 14. The van der Waals surface area contributed by atoms with Crippen LogP contribution >= 0.6 is 0 Å². The van der Waals surface area contributed by atoms with Crippen LogP contribution in [0, 0.1) is 0 Å². The smallest absolute Gasteiger partial charge is 0.246 e. The summed E-state index contributed by atoms with van der Waals surface area (Å²) in [6, 6.07) is 0. The van der Waals surface area contributed by atoms with Gasteiger partial charge in [-0.1, -0.05) is 6.92 Å². The average Bonchev–Trinajstić information content (AvgIpc) is 2.52. The van der Waals surface area contributed by atoms with E-state index in [2.05, 4.69) is 10.6 Å². The van der Waals surface area contributed by atoms with E-state index in [1.165, 1.54) is 0 Å². The van der Waals surface area contributed by atoms with Crippen LogP contribution < -0.4 is 10.6 Å². The van der Waals surface area contributed by atoms with E-state index in [1.807, 2.05) is 13.8 Å². The molecule has 0 aliphatic rings. The fourth-order valence-electron chi connectivity index (χ4n) is 1.40. The van der Waals surface area contributed by atoms with Gasteiger partial charge >= 0.3 is 0 Å². The zero-order chi connectivity index (χ0) is 17.5. The molecule has 0 saturated carbocycles. The Morgan fingerprint density at radius 3 is 2.39 bits per heavy atom. The molecule has 0 radical (unpaired) electrons. The second-order valence-electron chi connectivity index (χ2n) is 5.15. The van der Waals surface area contributed by atoms with Gasteiger partial charge in [-0.05, 0) is 13.8 Å². The van der Waals surface area contributed by atoms with E-state index < -0.39 is 6.17 Å². The highest BCUT2D eigenvalue weighted by Gasteiger charge is 2.08. The summed E-state index contributed by atoms with van der Waals surface area (Å²) in [7, 11) is 0. The molecule has 0 rings (SSSR count). The molecule has 136 valence electrons. The van der Waals surface area contributed by atoms with Crippen LogP contribution in [0.2, 0.25) is 0 Å². The van der Waals surface area contributed by atoms with E-state index in [9.17, 15) is 14.0 Å². The van der Waals surface area contributed by atoms with E-state index in [0.29, 0.717) is 26.2 Å². The zero-order valence-electron chi connectivity index (χ0n) is 14.2. The van der Waals surface area contributed by atoms with Crippen LogP contribution in [0.25, 0.3) is 0 Å². The summed E-state index contributed by atoms with van der Waals surface area (Å²) in [6.45, 7) is 6.63. The molecule has 0 aliphatic heterocycles. The number of hydrogen-bond acceptors (Lipinski definition) is 5. The minimum absolute atomic E-state index is 0.0174. The number of halogens is 1. The van der Waals surface area contributed by atoms with Crippen LogP contribution in [-0.2, 0) is 23.8 Å². The summed E-state index contributed by atoms with van der Waals surface area (Å²) in [4.78, 5) is 22.2. The summed E-state index contributed by atoms with van der Waals surface area (Å²) in [6.07, 6.45) is -0.879. The summed E-state index contributed by atoms with van der Waals surface area (Å²) in [5, 5.41) is 5.10. The van der Waals surface area contributed by atoms with E-state index >= 15 is 0 Å². The van der Waals surface area contributed by atoms with Crippen LogP contribution in [0.4, 0.5) is 4.39 Å². The van der Waals surface area contributed by atoms with Crippen LogP contribution in [0.15, 0.2) is 0 Å². The Kier molecular flexibility index (Phi) is 13.6. The number of alkyl halides is 1. The first kappa shape index (κ1) is 21.8. The molecular weight excluding hydrogens is 307 g/mol. The van der Waals surface area contributed by atoms with Crippen molar-refractivity contribution in [1.82, 2.24) is 10.6 Å². The molecular formula is C15H29FN2O5. The first-order valence-electron chi connectivity index (χ1n) is 7.90. The number of carbonyl (C=O) groups is 2. The summed E-state index contributed by atoms with van der Waals surface area (Å²) >= 11 is 0. The standard InChI is InChI=1S/C15H29FN2O5/c1-4-14(19)18-9-13(16)10-22-8-7-21-6-5-17-15(20)11-23-12(2)3/h12-13H,4-11H2,1-3H3,(H,17,20)(H,18,19). The molecule has 1 atom stereocenters. The van der Waals surface area contributed by atoms with Crippen LogP contribution in [0.1, 0.15) is 27.2 Å². The van der Waals surface area contributed by atoms with E-state index in [1.54, 1.807) is 6.92 Å². The lowest BCUT2D eigenvalue weighted by atomic mass is 10.4. The first-order chi connectivity index (χ1) is 11.0. The molecule has 0 aromatic rings. The van der Waals surface area contributed by atoms with Gasteiger partial charge in [0.05, 0.1) is 39.1 Å².